The van der Waals surface area contributed by atoms with Crippen LogP contribution in [0.4, 0.5) is 0 Å². The molecule has 6 heteroatoms. The van der Waals surface area contributed by atoms with Gasteiger partial charge in [-0.1, -0.05) is 24.3 Å². The summed E-state index contributed by atoms with van der Waals surface area (Å²) in [6, 6.07) is 12.8. The summed E-state index contributed by atoms with van der Waals surface area (Å²) in [6.45, 7) is 4.23. The second kappa shape index (κ2) is 6.45. The number of sulfonamides is 1. The number of rotatable bonds is 4. The normalized spacial score (nSPS) is 17.1. The third kappa shape index (κ3) is 3.25. The summed E-state index contributed by atoms with van der Waals surface area (Å²) in [4.78, 5) is 0.335. The number of fused-ring (bicyclic) bond motifs is 1. The van der Waals surface area contributed by atoms with Gasteiger partial charge in [-0.2, -0.15) is 4.31 Å². The Labute approximate surface area is 142 Å². The lowest BCUT2D eigenvalue weighted by Crippen LogP contribution is -2.41. The fourth-order valence-corrected chi connectivity index (χ4v) is 4.20. The molecule has 0 bridgehead atoms. The van der Waals surface area contributed by atoms with E-state index < -0.39 is 10.0 Å². The first-order valence-corrected chi connectivity index (χ1v) is 9.24. The quantitative estimate of drug-likeness (QED) is 0.853. The molecular weight excluding hydrogens is 326 g/mol. The molecule has 3 rings (SSSR count). The van der Waals surface area contributed by atoms with Gasteiger partial charge in [0.15, 0.2) is 11.5 Å². The van der Waals surface area contributed by atoms with Crippen molar-refractivity contribution in [3.63, 3.8) is 0 Å². The number of benzene rings is 2. The first-order chi connectivity index (χ1) is 11.4. The summed E-state index contributed by atoms with van der Waals surface area (Å²) < 4.78 is 38.5. The smallest absolute Gasteiger partial charge is 0.243 e. The molecule has 24 heavy (non-hydrogen) atoms. The molecular formula is C18H21NO4S. The zero-order valence-corrected chi connectivity index (χ0v) is 14.8. The molecule has 1 atom stereocenters. The lowest BCUT2D eigenvalue weighted by molar-refractivity contribution is 0.0798. The highest BCUT2D eigenvalue weighted by atomic mass is 32.2. The van der Waals surface area contributed by atoms with E-state index in [1.807, 2.05) is 43.3 Å². The second-order valence-electron chi connectivity index (χ2n) is 6.05. The largest absolute Gasteiger partial charge is 0.486 e. The molecule has 1 aliphatic heterocycles. The maximum Gasteiger partial charge on any atom is 0.243 e. The molecule has 0 aliphatic carbocycles. The van der Waals surface area contributed by atoms with E-state index in [0.717, 1.165) is 11.1 Å². The minimum absolute atomic E-state index is 0.226. The van der Waals surface area contributed by atoms with Crippen molar-refractivity contribution < 1.29 is 17.9 Å². The summed E-state index contributed by atoms with van der Waals surface area (Å²) >= 11 is 0. The van der Waals surface area contributed by atoms with Gasteiger partial charge in [0.2, 0.25) is 10.0 Å². The molecule has 0 unspecified atom stereocenters. The van der Waals surface area contributed by atoms with E-state index in [1.54, 1.807) is 20.0 Å². The number of ether oxygens (including phenoxy) is 2. The van der Waals surface area contributed by atoms with Crippen LogP contribution in [0.15, 0.2) is 47.4 Å². The van der Waals surface area contributed by atoms with E-state index in [2.05, 4.69) is 0 Å². The summed E-state index contributed by atoms with van der Waals surface area (Å²) in [5.74, 6) is 1.33. The molecule has 0 saturated heterocycles. The fraction of sp³-hybridized carbons (Fsp3) is 0.333. The first kappa shape index (κ1) is 16.8. The van der Waals surface area contributed by atoms with Gasteiger partial charge in [-0.25, -0.2) is 8.42 Å². The van der Waals surface area contributed by atoms with Crippen molar-refractivity contribution in [2.45, 2.75) is 24.8 Å². The highest BCUT2D eigenvalue weighted by Gasteiger charge is 2.28. The Morgan fingerprint density at radius 1 is 1.12 bits per heavy atom. The standard InChI is InChI=1S/C18H21NO4S/c1-13-8-9-14(2)18(10-13)24(20,21)19(3)11-15-12-22-16-6-4-5-7-17(16)23-15/h4-10,15H,11-12H2,1-3H3/t15-/m0/s1. The van der Waals surface area contributed by atoms with Crippen LogP contribution in [0.3, 0.4) is 0 Å². The van der Waals surface area contributed by atoms with Gasteiger partial charge in [0.05, 0.1) is 11.4 Å². The van der Waals surface area contributed by atoms with Crippen molar-refractivity contribution in [3.8, 4) is 11.5 Å². The Bertz CT molecular complexity index is 848. The molecule has 0 N–H and O–H groups in total. The van der Waals surface area contributed by atoms with Crippen LogP contribution in [0.5, 0.6) is 11.5 Å². The highest BCUT2D eigenvalue weighted by Crippen LogP contribution is 2.31. The molecule has 0 saturated carbocycles. The number of hydrogen-bond acceptors (Lipinski definition) is 4. The van der Waals surface area contributed by atoms with E-state index in [4.69, 9.17) is 9.47 Å². The Morgan fingerprint density at radius 3 is 2.58 bits per heavy atom. The van der Waals surface area contributed by atoms with Gasteiger partial charge in [-0.3, -0.25) is 0 Å². The van der Waals surface area contributed by atoms with Gasteiger partial charge in [0, 0.05) is 7.05 Å². The Balaban J connectivity index is 1.77. The van der Waals surface area contributed by atoms with Crippen LogP contribution < -0.4 is 9.47 Å². The molecule has 1 heterocycles. The molecule has 0 radical (unpaired) electrons. The van der Waals surface area contributed by atoms with E-state index in [0.29, 0.717) is 23.0 Å². The zero-order chi connectivity index (χ0) is 17.3. The van der Waals surface area contributed by atoms with Crippen molar-refractivity contribution in [2.24, 2.45) is 0 Å². The van der Waals surface area contributed by atoms with Gasteiger partial charge in [0.1, 0.15) is 12.7 Å². The third-order valence-corrected chi connectivity index (χ3v) is 6.03. The highest BCUT2D eigenvalue weighted by molar-refractivity contribution is 7.89. The Morgan fingerprint density at radius 2 is 1.83 bits per heavy atom. The average molecular weight is 347 g/mol. The van der Waals surface area contributed by atoms with Gasteiger partial charge >= 0.3 is 0 Å². The van der Waals surface area contributed by atoms with E-state index in [9.17, 15) is 8.42 Å². The Hall–Kier alpha value is -2.05. The molecule has 2 aromatic rings. The number of likely N-dealkylation sites (N-methyl/N-ethyl adjacent to an activating group) is 1. The predicted molar refractivity (Wildman–Crippen MR) is 92.1 cm³/mol. The number of hydrogen-bond donors (Lipinski definition) is 0. The van der Waals surface area contributed by atoms with E-state index >= 15 is 0 Å². The summed E-state index contributed by atoms with van der Waals surface area (Å²) in [7, 11) is -2.00. The van der Waals surface area contributed by atoms with E-state index in [1.165, 1.54) is 4.31 Å². The van der Waals surface area contributed by atoms with Crippen molar-refractivity contribution in [3.05, 3.63) is 53.6 Å². The molecule has 0 fully saturated rings. The minimum Gasteiger partial charge on any atom is -0.486 e. The van der Waals surface area contributed by atoms with Crippen molar-refractivity contribution in [1.82, 2.24) is 4.31 Å². The van der Waals surface area contributed by atoms with Crippen LogP contribution in [0, 0.1) is 13.8 Å². The maximum absolute atomic E-state index is 12.9. The monoisotopic (exact) mass is 347 g/mol. The Kier molecular flexibility index (Phi) is 4.51. The number of para-hydroxylation sites is 2. The first-order valence-electron chi connectivity index (χ1n) is 7.80. The molecule has 128 valence electrons. The van der Waals surface area contributed by atoms with Gasteiger partial charge in [-0.15, -0.1) is 0 Å². The second-order valence-corrected chi connectivity index (χ2v) is 8.07. The zero-order valence-electron chi connectivity index (χ0n) is 14.0. The van der Waals surface area contributed by atoms with Crippen molar-refractivity contribution in [1.29, 1.82) is 0 Å². The lowest BCUT2D eigenvalue weighted by Gasteiger charge is -2.29. The van der Waals surface area contributed by atoms with Crippen molar-refractivity contribution >= 4 is 10.0 Å². The summed E-state index contributed by atoms with van der Waals surface area (Å²) in [5.41, 5.74) is 1.65. The lowest BCUT2D eigenvalue weighted by atomic mass is 10.2. The third-order valence-electron chi connectivity index (χ3n) is 4.06. The number of nitrogens with zero attached hydrogens (tertiary/aromatic N) is 1. The summed E-state index contributed by atoms with van der Waals surface area (Å²) in [5, 5.41) is 0. The van der Waals surface area contributed by atoms with Crippen LogP contribution in [0.25, 0.3) is 0 Å². The van der Waals surface area contributed by atoms with E-state index in [-0.39, 0.29) is 12.6 Å². The van der Waals surface area contributed by atoms with Crippen LogP contribution >= 0.6 is 0 Å². The average Bonchev–Trinajstić information content (AvgIpc) is 2.56. The molecule has 0 amide bonds. The van der Waals surface area contributed by atoms with Crippen LogP contribution in [0.1, 0.15) is 11.1 Å². The minimum atomic E-state index is -3.57. The summed E-state index contributed by atoms with van der Waals surface area (Å²) in [6.07, 6.45) is -0.343. The number of aryl methyl sites for hydroxylation is 2. The van der Waals surface area contributed by atoms with Gasteiger partial charge in [-0.05, 0) is 43.2 Å². The van der Waals surface area contributed by atoms with Gasteiger partial charge in [0.25, 0.3) is 0 Å². The van der Waals surface area contributed by atoms with Crippen LogP contribution in [-0.4, -0.2) is 39.0 Å². The predicted octanol–water partition coefficient (Wildman–Crippen LogP) is 2.76. The van der Waals surface area contributed by atoms with Gasteiger partial charge < -0.3 is 9.47 Å². The molecule has 0 aromatic heterocycles. The molecule has 0 spiro atoms. The van der Waals surface area contributed by atoms with Crippen molar-refractivity contribution in [2.75, 3.05) is 20.2 Å². The molecule has 5 nitrogen and oxygen atoms in total. The van der Waals surface area contributed by atoms with Crippen LogP contribution in [0.2, 0.25) is 0 Å². The molecule has 2 aromatic carbocycles. The fourth-order valence-electron chi connectivity index (χ4n) is 2.69. The maximum atomic E-state index is 12.9. The topological polar surface area (TPSA) is 55.8 Å². The molecule has 1 aliphatic rings. The SMILES string of the molecule is Cc1ccc(C)c(S(=O)(=O)N(C)C[C@H]2COc3ccccc3O2)c1. The van der Waals surface area contributed by atoms with Crippen LogP contribution in [-0.2, 0) is 10.0 Å².